The van der Waals surface area contributed by atoms with Crippen LogP contribution >= 0.6 is 11.3 Å². The zero-order valence-electron chi connectivity index (χ0n) is 15.6. The van der Waals surface area contributed by atoms with Gasteiger partial charge in [0.2, 0.25) is 15.9 Å². The van der Waals surface area contributed by atoms with Crippen molar-refractivity contribution in [1.29, 1.82) is 0 Å². The lowest BCUT2D eigenvalue weighted by Crippen LogP contribution is -2.27. The molecule has 2 aromatic rings. The Morgan fingerprint density at radius 2 is 1.89 bits per heavy atom. The van der Waals surface area contributed by atoms with Crippen molar-refractivity contribution in [1.82, 2.24) is 9.71 Å². The normalized spacial score (nSPS) is 11.1. The number of esters is 1. The molecule has 11 heteroatoms. The molecule has 0 unspecified atom stereocenters. The number of amides is 1. The number of hydrogen-bond acceptors (Lipinski definition) is 8. The number of ether oxygens (including phenoxy) is 2. The quantitative estimate of drug-likeness (QED) is 0.586. The van der Waals surface area contributed by atoms with E-state index in [2.05, 4.69) is 15.0 Å². The van der Waals surface area contributed by atoms with E-state index in [4.69, 9.17) is 9.47 Å². The van der Waals surface area contributed by atoms with Crippen LogP contribution in [0.1, 0.15) is 28.7 Å². The van der Waals surface area contributed by atoms with Crippen LogP contribution in [-0.4, -0.2) is 45.5 Å². The Hall–Kier alpha value is -2.50. The van der Waals surface area contributed by atoms with Gasteiger partial charge in [0.05, 0.1) is 24.3 Å². The van der Waals surface area contributed by atoms with Gasteiger partial charge in [-0.05, 0) is 38.1 Å². The van der Waals surface area contributed by atoms with Crippen LogP contribution in [-0.2, 0) is 19.6 Å². The number of hydrogen-bond donors (Lipinski definition) is 2. The molecule has 0 saturated heterocycles. The Morgan fingerprint density at radius 3 is 2.50 bits per heavy atom. The standard InChI is InChI=1S/C17H21N3O6S2/c1-4-26-16(22)15-11(2)19-17(27-15)20-14(21)9-10-18-28(23,24)13-7-5-12(25-3)6-8-13/h5-8,18H,4,9-10H2,1-3H3,(H,19,20,21). The average Bonchev–Trinajstić information content (AvgIpc) is 3.02. The van der Waals surface area contributed by atoms with Crippen LogP contribution in [0.3, 0.4) is 0 Å². The molecule has 1 heterocycles. The van der Waals surface area contributed by atoms with Gasteiger partial charge in [0.25, 0.3) is 0 Å². The lowest BCUT2D eigenvalue weighted by molar-refractivity contribution is -0.116. The summed E-state index contributed by atoms with van der Waals surface area (Å²) in [5.41, 5.74) is 0.457. The third-order valence-electron chi connectivity index (χ3n) is 3.52. The van der Waals surface area contributed by atoms with Crippen molar-refractivity contribution in [3.8, 4) is 5.75 Å². The molecule has 0 radical (unpaired) electrons. The molecule has 2 N–H and O–H groups in total. The van der Waals surface area contributed by atoms with E-state index in [0.29, 0.717) is 16.3 Å². The Bertz CT molecular complexity index is 938. The van der Waals surface area contributed by atoms with Gasteiger partial charge in [-0.1, -0.05) is 11.3 Å². The number of nitrogens with one attached hydrogen (secondary N) is 2. The third kappa shape index (κ3) is 5.75. The highest BCUT2D eigenvalue weighted by Gasteiger charge is 2.18. The number of carbonyl (C=O) groups excluding carboxylic acids is 2. The molecule has 0 fully saturated rings. The molecule has 0 aliphatic heterocycles. The number of methoxy groups -OCH3 is 1. The lowest BCUT2D eigenvalue weighted by Gasteiger charge is -2.07. The fraction of sp³-hybridized carbons (Fsp3) is 0.353. The molecule has 152 valence electrons. The van der Waals surface area contributed by atoms with Crippen molar-refractivity contribution in [2.24, 2.45) is 0 Å². The van der Waals surface area contributed by atoms with E-state index >= 15 is 0 Å². The van der Waals surface area contributed by atoms with E-state index < -0.39 is 21.9 Å². The molecular formula is C17H21N3O6S2. The van der Waals surface area contributed by atoms with E-state index in [0.717, 1.165) is 11.3 Å². The van der Waals surface area contributed by atoms with Gasteiger partial charge < -0.3 is 14.8 Å². The summed E-state index contributed by atoms with van der Waals surface area (Å²) < 4.78 is 36.7. The van der Waals surface area contributed by atoms with Crippen LogP contribution in [0.5, 0.6) is 5.75 Å². The number of carbonyl (C=O) groups is 2. The number of anilines is 1. The van der Waals surface area contributed by atoms with Crippen molar-refractivity contribution in [2.75, 3.05) is 25.6 Å². The first-order valence-corrected chi connectivity index (χ1v) is 10.6. The maximum Gasteiger partial charge on any atom is 0.350 e. The lowest BCUT2D eigenvalue weighted by atomic mass is 10.3. The molecule has 9 nitrogen and oxygen atoms in total. The molecular weight excluding hydrogens is 406 g/mol. The Morgan fingerprint density at radius 1 is 1.21 bits per heavy atom. The van der Waals surface area contributed by atoms with Gasteiger partial charge in [0, 0.05) is 13.0 Å². The highest BCUT2D eigenvalue weighted by atomic mass is 32.2. The first kappa shape index (κ1) is 21.8. The predicted molar refractivity (Wildman–Crippen MR) is 104 cm³/mol. The van der Waals surface area contributed by atoms with Gasteiger partial charge in [0.15, 0.2) is 5.13 Å². The summed E-state index contributed by atoms with van der Waals surface area (Å²) in [4.78, 5) is 28.3. The number of benzene rings is 1. The Balaban J connectivity index is 1.88. The van der Waals surface area contributed by atoms with Crippen LogP contribution in [0.2, 0.25) is 0 Å². The molecule has 0 saturated carbocycles. The molecule has 1 amide bonds. The van der Waals surface area contributed by atoms with E-state index in [9.17, 15) is 18.0 Å². The van der Waals surface area contributed by atoms with Crippen molar-refractivity contribution in [3.05, 3.63) is 34.8 Å². The van der Waals surface area contributed by atoms with Gasteiger partial charge in [0.1, 0.15) is 10.6 Å². The summed E-state index contributed by atoms with van der Waals surface area (Å²) in [7, 11) is -2.25. The zero-order chi connectivity index (χ0) is 20.7. The minimum Gasteiger partial charge on any atom is -0.497 e. The summed E-state index contributed by atoms with van der Waals surface area (Å²) in [6, 6.07) is 5.90. The zero-order valence-corrected chi connectivity index (χ0v) is 17.3. The number of nitrogens with zero attached hydrogens (tertiary/aromatic N) is 1. The van der Waals surface area contributed by atoms with Crippen LogP contribution in [0, 0.1) is 6.92 Å². The topological polar surface area (TPSA) is 124 Å². The maximum atomic E-state index is 12.2. The smallest absolute Gasteiger partial charge is 0.350 e. The van der Waals surface area contributed by atoms with Gasteiger partial charge in [-0.2, -0.15) is 0 Å². The number of rotatable bonds is 9. The first-order chi connectivity index (χ1) is 13.3. The van der Waals surface area contributed by atoms with Crippen LogP contribution in [0.25, 0.3) is 0 Å². The summed E-state index contributed by atoms with van der Waals surface area (Å²) >= 11 is 1.01. The molecule has 1 aromatic heterocycles. The monoisotopic (exact) mass is 427 g/mol. The predicted octanol–water partition coefficient (Wildman–Crippen LogP) is 1.94. The fourth-order valence-electron chi connectivity index (χ4n) is 2.15. The molecule has 2 rings (SSSR count). The number of aromatic nitrogens is 1. The molecule has 0 aliphatic rings. The van der Waals surface area contributed by atoms with Gasteiger partial charge in [-0.3, -0.25) is 4.79 Å². The van der Waals surface area contributed by atoms with Gasteiger partial charge in [-0.25, -0.2) is 22.9 Å². The molecule has 28 heavy (non-hydrogen) atoms. The first-order valence-electron chi connectivity index (χ1n) is 8.35. The maximum absolute atomic E-state index is 12.2. The minimum absolute atomic E-state index is 0.0725. The molecule has 0 spiro atoms. The van der Waals surface area contributed by atoms with Crippen LogP contribution in [0.15, 0.2) is 29.2 Å². The average molecular weight is 428 g/mol. The molecule has 0 aliphatic carbocycles. The van der Waals surface area contributed by atoms with Crippen LogP contribution in [0.4, 0.5) is 5.13 Å². The van der Waals surface area contributed by atoms with E-state index in [1.807, 2.05) is 0 Å². The summed E-state index contributed by atoms with van der Waals surface area (Å²) in [5.74, 6) is -0.383. The van der Waals surface area contributed by atoms with Gasteiger partial charge in [-0.15, -0.1) is 0 Å². The largest absolute Gasteiger partial charge is 0.497 e. The SMILES string of the molecule is CCOC(=O)c1sc(NC(=O)CCNS(=O)(=O)c2ccc(OC)cc2)nc1C. The van der Waals surface area contributed by atoms with E-state index in [1.165, 1.54) is 31.4 Å². The highest BCUT2D eigenvalue weighted by Crippen LogP contribution is 2.23. The fourth-order valence-corrected chi connectivity index (χ4v) is 4.06. The summed E-state index contributed by atoms with van der Waals surface area (Å²) in [6.45, 7) is 3.49. The Kier molecular flexibility index (Phi) is 7.49. The Labute approximate surface area is 167 Å². The molecule has 1 aromatic carbocycles. The highest BCUT2D eigenvalue weighted by molar-refractivity contribution is 7.89. The van der Waals surface area contributed by atoms with E-state index in [1.54, 1.807) is 13.8 Å². The molecule has 0 bridgehead atoms. The number of thiazole rings is 1. The van der Waals surface area contributed by atoms with Crippen molar-refractivity contribution in [2.45, 2.75) is 25.2 Å². The summed E-state index contributed by atoms with van der Waals surface area (Å²) in [5, 5.41) is 2.80. The second-order valence-electron chi connectivity index (χ2n) is 5.53. The van der Waals surface area contributed by atoms with E-state index in [-0.39, 0.29) is 29.6 Å². The third-order valence-corrected chi connectivity index (χ3v) is 6.05. The van der Waals surface area contributed by atoms with Crippen molar-refractivity contribution < 1.29 is 27.5 Å². The summed E-state index contributed by atoms with van der Waals surface area (Å²) in [6.07, 6.45) is -0.0945. The number of aryl methyl sites for hydroxylation is 1. The van der Waals surface area contributed by atoms with Gasteiger partial charge >= 0.3 is 5.97 Å². The number of sulfonamides is 1. The minimum atomic E-state index is -3.73. The van der Waals surface area contributed by atoms with Crippen molar-refractivity contribution >= 4 is 38.4 Å². The molecule has 0 atom stereocenters. The second kappa shape index (κ2) is 9.62. The van der Waals surface area contributed by atoms with Crippen LogP contribution < -0.4 is 14.8 Å². The van der Waals surface area contributed by atoms with Crippen molar-refractivity contribution in [3.63, 3.8) is 0 Å². The second-order valence-corrected chi connectivity index (χ2v) is 8.29.